The zero-order valence-electron chi connectivity index (χ0n) is 14.4. The minimum Gasteiger partial charge on any atom is -0.493 e. The average molecular weight is 351 g/mol. The quantitative estimate of drug-likeness (QED) is 0.372. The van der Waals surface area contributed by atoms with Gasteiger partial charge in [-0.3, -0.25) is 14.5 Å². The maximum absolute atomic E-state index is 12.3. The number of benzene rings is 1. The van der Waals surface area contributed by atoms with Crippen molar-refractivity contribution in [3.05, 3.63) is 39.4 Å². The summed E-state index contributed by atoms with van der Waals surface area (Å²) in [6.07, 6.45) is 0. The summed E-state index contributed by atoms with van der Waals surface area (Å²) in [6.45, 7) is 2.87. The lowest BCUT2D eigenvalue weighted by Gasteiger charge is -2.17. The first-order valence-electron chi connectivity index (χ1n) is 7.84. The minimum absolute atomic E-state index is 0.177. The van der Waals surface area contributed by atoms with Crippen LogP contribution >= 0.6 is 0 Å². The van der Waals surface area contributed by atoms with Crippen molar-refractivity contribution in [3.63, 3.8) is 0 Å². The predicted octanol–water partition coefficient (Wildman–Crippen LogP) is 1.07. The molecular weight excluding hydrogens is 330 g/mol. The van der Waals surface area contributed by atoms with Crippen LogP contribution in [0, 0.1) is 16.0 Å². The van der Waals surface area contributed by atoms with Gasteiger partial charge in [-0.25, -0.2) is 0 Å². The molecule has 2 rings (SSSR count). The Bertz CT molecular complexity index is 676. The largest absolute Gasteiger partial charge is 0.493 e. The maximum Gasteiger partial charge on any atom is 0.294 e. The molecular formula is C16H21N3O6. The summed E-state index contributed by atoms with van der Waals surface area (Å²) in [7, 11) is 3.96. The fourth-order valence-electron chi connectivity index (χ4n) is 2.68. The number of hydrogen-bond donors (Lipinski definition) is 0. The van der Waals surface area contributed by atoms with Gasteiger partial charge < -0.3 is 14.5 Å². The summed E-state index contributed by atoms with van der Waals surface area (Å²) in [4.78, 5) is 41.9. The molecule has 0 aromatic heterocycles. The fourth-order valence-corrected chi connectivity index (χ4v) is 2.68. The van der Waals surface area contributed by atoms with E-state index in [-0.39, 0.29) is 24.3 Å². The lowest BCUT2D eigenvalue weighted by atomic mass is 10.1. The molecule has 0 aliphatic carbocycles. The molecule has 0 fully saturated rings. The number of rotatable bonds is 9. The van der Waals surface area contributed by atoms with Gasteiger partial charge in [0.1, 0.15) is 12.4 Å². The molecule has 0 N–H and O–H groups in total. The summed E-state index contributed by atoms with van der Waals surface area (Å²) in [5, 5.41) is 9.21. The smallest absolute Gasteiger partial charge is 0.294 e. The van der Waals surface area contributed by atoms with Gasteiger partial charge in [0.2, 0.25) is 0 Å². The van der Waals surface area contributed by atoms with E-state index in [1.54, 1.807) is 6.07 Å². The predicted molar refractivity (Wildman–Crippen MR) is 88.0 cm³/mol. The van der Waals surface area contributed by atoms with Gasteiger partial charge in [-0.15, -0.1) is 10.1 Å². The summed E-state index contributed by atoms with van der Waals surface area (Å²) in [5.74, 6) is -0.177. The third kappa shape index (κ3) is 4.66. The van der Waals surface area contributed by atoms with Crippen LogP contribution in [0.3, 0.4) is 0 Å². The van der Waals surface area contributed by atoms with Gasteiger partial charge in [0.15, 0.2) is 0 Å². The van der Waals surface area contributed by atoms with Crippen molar-refractivity contribution in [2.45, 2.75) is 6.92 Å². The second kappa shape index (κ2) is 7.93. The molecule has 1 unspecified atom stereocenters. The highest BCUT2D eigenvalue weighted by atomic mass is 16.9. The second-order valence-corrected chi connectivity index (χ2v) is 6.20. The molecule has 1 aromatic carbocycles. The van der Waals surface area contributed by atoms with E-state index in [0.29, 0.717) is 18.3 Å². The lowest BCUT2D eigenvalue weighted by Crippen LogP contribution is -2.33. The molecule has 0 saturated carbocycles. The zero-order valence-corrected chi connectivity index (χ0v) is 14.4. The van der Waals surface area contributed by atoms with Crippen molar-refractivity contribution < 1.29 is 24.3 Å². The maximum atomic E-state index is 12.3. The number of nitrogens with zero attached hydrogens (tertiary/aromatic N) is 3. The van der Waals surface area contributed by atoms with E-state index in [1.807, 2.05) is 14.1 Å². The minimum atomic E-state index is -0.959. The number of imide groups is 1. The standard InChI is InChI=1S/C16H21N3O6/c1-11(9-17(2)3)10-24-12-4-5-13-14(8-12)16(21)18(15(13)20)6-7-25-19(22)23/h4-5,8,11H,6-7,9-10H2,1-3H3. The van der Waals surface area contributed by atoms with Crippen molar-refractivity contribution >= 4 is 11.8 Å². The van der Waals surface area contributed by atoms with Gasteiger partial charge in [0.25, 0.3) is 16.9 Å². The van der Waals surface area contributed by atoms with Crippen LogP contribution in [-0.4, -0.2) is 67.1 Å². The normalized spacial score (nSPS) is 14.6. The van der Waals surface area contributed by atoms with E-state index in [4.69, 9.17) is 4.74 Å². The van der Waals surface area contributed by atoms with Gasteiger partial charge in [0, 0.05) is 12.5 Å². The molecule has 1 atom stereocenters. The summed E-state index contributed by atoms with van der Waals surface area (Å²) >= 11 is 0. The third-order valence-electron chi connectivity index (χ3n) is 3.67. The molecule has 9 nitrogen and oxygen atoms in total. The van der Waals surface area contributed by atoms with E-state index in [1.165, 1.54) is 12.1 Å². The van der Waals surface area contributed by atoms with Gasteiger partial charge in [-0.1, -0.05) is 6.92 Å². The molecule has 0 spiro atoms. The Kier molecular flexibility index (Phi) is 5.92. The Balaban J connectivity index is 2.01. The van der Waals surface area contributed by atoms with Gasteiger partial charge in [-0.2, -0.15) is 0 Å². The highest BCUT2D eigenvalue weighted by molar-refractivity contribution is 6.21. The van der Waals surface area contributed by atoms with Crippen LogP contribution in [0.25, 0.3) is 0 Å². The number of fused-ring (bicyclic) bond motifs is 1. The van der Waals surface area contributed by atoms with E-state index < -0.39 is 16.9 Å². The highest BCUT2D eigenvalue weighted by Crippen LogP contribution is 2.27. The van der Waals surface area contributed by atoms with Crippen LogP contribution in [0.15, 0.2) is 18.2 Å². The summed E-state index contributed by atoms with van der Waals surface area (Å²) in [5.41, 5.74) is 0.503. The molecule has 25 heavy (non-hydrogen) atoms. The Morgan fingerprint density at radius 1 is 1.24 bits per heavy atom. The number of carbonyl (C=O) groups is 2. The first kappa shape index (κ1) is 18.7. The van der Waals surface area contributed by atoms with E-state index in [2.05, 4.69) is 16.7 Å². The molecule has 1 aliphatic heterocycles. The van der Waals surface area contributed by atoms with Gasteiger partial charge >= 0.3 is 0 Å². The number of amides is 2. The molecule has 0 saturated heterocycles. The van der Waals surface area contributed by atoms with Crippen molar-refractivity contribution in [3.8, 4) is 5.75 Å². The van der Waals surface area contributed by atoms with E-state index in [9.17, 15) is 19.7 Å². The Morgan fingerprint density at radius 2 is 1.92 bits per heavy atom. The Hall–Kier alpha value is -2.68. The fraction of sp³-hybridized carbons (Fsp3) is 0.500. The molecule has 1 aromatic rings. The van der Waals surface area contributed by atoms with Crippen molar-refractivity contribution in [1.29, 1.82) is 0 Å². The van der Waals surface area contributed by atoms with Crippen LogP contribution in [0.2, 0.25) is 0 Å². The Morgan fingerprint density at radius 3 is 2.56 bits per heavy atom. The second-order valence-electron chi connectivity index (χ2n) is 6.20. The molecule has 1 heterocycles. The summed E-state index contributed by atoms with van der Waals surface area (Å²) < 4.78 is 5.70. The van der Waals surface area contributed by atoms with Crippen LogP contribution in [0.1, 0.15) is 27.6 Å². The van der Waals surface area contributed by atoms with Crippen molar-refractivity contribution in [2.75, 3.05) is 40.4 Å². The molecule has 1 aliphatic rings. The molecule has 0 radical (unpaired) electrons. The average Bonchev–Trinajstić information content (AvgIpc) is 2.76. The van der Waals surface area contributed by atoms with Gasteiger partial charge in [0.05, 0.1) is 24.3 Å². The number of hydrogen-bond acceptors (Lipinski definition) is 7. The first-order valence-corrected chi connectivity index (χ1v) is 7.84. The van der Waals surface area contributed by atoms with E-state index >= 15 is 0 Å². The topological polar surface area (TPSA) is 102 Å². The molecule has 136 valence electrons. The van der Waals surface area contributed by atoms with Crippen LogP contribution < -0.4 is 4.74 Å². The third-order valence-corrected chi connectivity index (χ3v) is 3.67. The van der Waals surface area contributed by atoms with Crippen LogP contribution in [0.5, 0.6) is 5.75 Å². The monoisotopic (exact) mass is 351 g/mol. The van der Waals surface area contributed by atoms with Crippen LogP contribution in [-0.2, 0) is 4.84 Å². The van der Waals surface area contributed by atoms with Gasteiger partial charge in [-0.05, 0) is 32.3 Å². The highest BCUT2D eigenvalue weighted by Gasteiger charge is 2.35. The van der Waals surface area contributed by atoms with Crippen molar-refractivity contribution in [2.24, 2.45) is 5.92 Å². The van der Waals surface area contributed by atoms with Crippen LogP contribution in [0.4, 0.5) is 0 Å². The molecule has 9 heteroatoms. The molecule has 0 bridgehead atoms. The lowest BCUT2D eigenvalue weighted by molar-refractivity contribution is -0.757. The first-order chi connectivity index (χ1) is 11.8. The SMILES string of the molecule is CC(COc1ccc2c(c1)C(=O)N(CCO[N+](=O)[O-])C2=O)CN(C)C. The number of carbonyl (C=O) groups excluding carboxylic acids is 2. The number of ether oxygens (including phenoxy) is 1. The van der Waals surface area contributed by atoms with E-state index in [0.717, 1.165) is 11.4 Å². The zero-order chi connectivity index (χ0) is 18.6. The Labute approximate surface area is 145 Å². The summed E-state index contributed by atoms with van der Waals surface area (Å²) in [6, 6.07) is 4.71. The molecule has 2 amide bonds. The van der Waals surface area contributed by atoms with Crippen molar-refractivity contribution in [1.82, 2.24) is 9.80 Å².